The third-order valence-corrected chi connectivity index (χ3v) is 4.36. The second-order valence-corrected chi connectivity index (χ2v) is 6.22. The van der Waals surface area contributed by atoms with Crippen molar-refractivity contribution in [2.24, 2.45) is 5.92 Å². The fourth-order valence-corrected chi connectivity index (χ4v) is 2.82. The normalized spacial score (nSPS) is 27.1. The Labute approximate surface area is 140 Å². The molecule has 2 aliphatic rings. The third kappa shape index (κ3) is 3.03. The molecule has 25 heavy (non-hydrogen) atoms. The zero-order valence-corrected chi connectivity index (χ0v) is 13.3. The molecule has 1 amide bonds. The summed E-state index contributed by atoms with van der Waals surface area (Å²) in [5.74, 6) is -4.03. The number of fused-ring (bicyclic) bond motifs is 1. The van der Waals surface area contributed by atoms with Gasteiger partial charge in [-0.15, -0.1) is 0 Å². The van der Waals surface area contributed by atoms with Crippen LogP contribution in [0.25, 0.3) is 0 Å². The molecule has 1 saturated carbocycles. The maximum atomic E-state index is 14.4. The average molecular weight is 361 g/mol. The first-order valence-corrected chi connectivity index (χ1v) is 7.93. The van der Waals surface area contributed by atoms with E-state index in [-0.39, 0.29) is 12.3 Å². The number of carbonyl (C=O) groups is 1. The van der Waals surface area contributed by atoms with E-state index < -0.39 is 46.7 Å². The van der Waals surface area contributed by atoms with Crippen molar-refractivity contribution in [3.05, 3.63) is 41.5 Å². The van der Waals surface area contributed by atoms with E-state index >= 15 is 0 Å². The molecule has 0 radical (unpaired) electrons. The van der Waals surface area contributed by atoms with Crippen molar-refractivity contribution < 1.29 is 31.5 Å². The lowest BCUT2D eigenvalue weighted by molar-refractivity contribution is -0.273. The largest absolute Gasteiger partial charge is 0.425 e. The highest BCUT2D eigenvalue weighted by Gasteiger charge is 2.61. The van der Waals surface area contributed by atoms with Crippen LogP contribution in [0, 0.1) is 17.6 Å². The summed E-state index contributed by atoms with van der Waals surface area (Å²) in [6.45, 7) is 1.48. The highest BCUT2D eigenvalue weighted by molar-refractivity contribution is 5.96. The Hall–Kier alpha value is -1.96. The highest BCUT2D eigenvalue weighted by Crippen LogP contribution is 2.50. The van der Waals surface area contributed by atoms with E-state index in [1.807, 2.05) is 0 Å². The minimum atomic E-state index is -5.10. The van der Waals surface area contributed by atoms with Gasteiger partial charge in [0.05, 0.1) is 11.3 Å². The molecule has 0 bridgehead atoms. The Balaban J connectivity index is 2.29. The van der Waals surface area contributed by atoms with Gasteiger partial charge in [-0.1, -0.05) is 13.0 Å². The summed E-state index contributed by atoms with van der Waals surface area (Å²) in [6, 6.07) is 1.59. The van der Waals surface area contributed by atoms with Gasteiger partial charge in [-0.3, -0.25) is 4.79 Å². The number of alkyl halides is 3. The molecule has 1 aromatic rings. The summed E-state index contributed by atoms with van der Waals surface area (Å²) in [5, 5.41) is 2.22. The van der Waals surface area contributed by atoms with Crippen LogP contribution in [0.1, 0.15) is 31.7 Å². The molecule has 2 unspecified atom stereocenters. The number of anilines is 1. The third-order valence-electron chi connectivity index (χ3n) is 4.36. The Morgan fingerprint density at radius 1 is 1.32 bits per heavy atom. The Bertz CT molecular complexity index is 726. The monoisotopic (exact) mass is 361 g/mol. The fourth-order valence-electron chi connectivity index (χ4n) is 2.82. The van der Waals surface area contributed by atoms with E-state index in [0.717, 1.165) is 25.0 Å². The zero-order valence-electron chi connectivity index (χ0n) is 13.3. The first kappa shape index (κ1) is 17.8. The van der Waals surface area contributed by atoms with Gasteiger partial charge in [-0.25, -0.2) is 8.78 Å². The lowest BCUT2D eigenvalue weighted by Crippen LogP contribution is -2.46. The predicted molar refractivity (Wildman–Crippen MR) is 79.7 cm³/mol. The van der Waals surface area contributed by atoms with Crippen molar-refractivity contribution in [3.8, 4) is 0 Å². The van der Waals surface area contributed by atoms with E-state index in [0.29, 0.717) is 6.07 Å². The molecule has 0 saturated heterocycles. The highest BCUT2D eigenvalue weighted by atomic mass is 19.4. The Morgan fingerprint density at radius 2 is 2.00 bits per heavy atom. The molecular weight excluding hydrogens is 345 g/mol. The Morgan fingerprint density at radius 3 is 2.56 bits per heavy atom. The molecule has 1 aliphatic carbocycles. The van der Waals surface area contributed by atoms with E-state index in [2.05, 4.69) is 5.32 Å². The van der Waals surface area contributed by atoms with E-state index in [1.54, 1.807) is 0 Å². The summed E-state index contributed by atoms with van der Waals surface area (Å²) >= 11 is 0. The molecule has 1 N–H and O–H groups in total. The predicted octanol–water partition coefficient (Wildman–Crippen LogP) is 4.44. The number of hydrogen-bond acceptors (Lipinski definition) is 2. The molecule has 0 spiro atoms. The van der Waals surface area contributed by atoms with Gasteiger partial charge < -0.3 is 10.1 Å². The number of allylic oxidation sites excluding steroid dienone is 1. The summed E-state index contributed by atoms with van der Waals surface area (Å²) < 4.78 is 75.5. The summed E-state index contributed by atoms with van der Waals surface area (Å²) in [6.07, 6.45) is -3.16. The second kappa shape index (κ2) is 6.09. The number of halogens is 5. The molecular formula is C17H16F5NO2. The van der Waals surface area contributed by atoms with E-state index in [9.17, 15) is 26.7 Å². The van der Waals surface area contributed by atoms with Crippen LogP contribution in [0.2, 0.25) is 0 Å². The average Bonchev–Trinajstić information content (AvgIpc) is 3.35. The number of amides is 1. The van der Waals surface area contributed by atoms with Crippen LogP contribution in [0.3, 0.4) is 0 Å². The van der Waals surface area contributed by atoms with Crippen LogP contribution in [-0.4, -0.2) is 18.2 Å². The van der Waals surface area contributed by atoms with E-state index in [4.69, 9.17) is 4.74 Å². The minimum Gasteiger partial charge on any atom is -0.343 e. The van der Waals surface area contributed by atoms with Gasteiger partial charge in [0.15, 0.2) is 11.6 Å². The second-order valence-electron chi connectivity index (χ2n) is 6.22. The number of rotatable bonds is 3. The lowest BCUT2D eigenvalue weighted by atomic mass is 9.89. The molecule has 0 aromatic heterocycles. The van der Waals surface area contributed by atoms with Crippen LogP contribution >= 0.6 is 0 Å². The number of hydrogen-bond donors (Lipinski definition) is 1. The van der Waals surface area contributed by atoms with Gasteiger partial charge in [0.2, 0.25) is 5.60 Å². The minimum absolute atomic E-state index is 0.0565. The van der Waals surface area contributed by atoms with Crippen molar-refractivity contribution in [2.75, 3.05) is 5.32 Å². The maximum absolute atomic E-state index is 14.4. The molecule has 3 nitrogen and oxygen atoms in total. The standard InChI is InChI=1S/C17H16F5NO2/c1-2-12-15(24)23-11-6-5-10(18)14(19)13(11)16(25-12,17(20,21)22)8-7-9-3-4-9/h5-9,12H,2-4H2,1H3,(H,23,24). The van der Waals surface area contributed by atoms with Gasteiger partial charge in [-0.05, 0) is 43.4 Å². The Kier molecular flexibility index (Phi) is 4.35. The SMILES string of the molecule is CCC1OC(C=CC2CC2)(C(F)(F)F)c2c(ccc(F)c2F)NC1=O. The zero-order chi connectivity index (χ0) is 18.4. The van der Waals surface area contributed by atoms with Crippen molar-refractivity contribution in [1.29, 1.82) is 0 Å². The van der Waals surface area contributed by atoms with Gasteiger partial charge in [0.1, 0.15) is 6.10 Å². The molecule has 1 fully saturated rings. The summed E-state index contributed by atoms with van der Waals surface area (Å²) in [4.78, 5) is 12.1. The number of nitrogens with one attached hydrogen (secondary N) is 1. The molecule has 3 rings (SSSR count). The van der Waals surface area contributed by atoms with Crippen LogP contribution in [0.5, 0.6) is 0 Å². The topological polar surface area (TPSA) is 38.3 Å². The fraction of sp³-hybridized carbons (Fsp3) is 0.471. The van der Waals surface area contributed by atoms with Crippen LogP contribution < -0.4 is 5.32 Å². The first-order valence-electron chi connectivity index (χ1n) is 7.93. The molecule has 1 heterocycles. The van der Waals surface area contributed by atoms with Gasteiger partial charge >= 0.3 is 6.18 Å². The summed E-state index contributed by atoms with van der Waals surface area (Å²) in [5.41, 5.74) is -4.74. The molecule has 8 heteroatoms. The van der Waals surface area contributed by atoms with Crippen LogP contribution in [0.4, 0.5) is 27.6 Å². The molecule has 2 atom stereocenters. The quantitative estimate of drug-likeness (QED) is 0.639. The first-order chi connectivity index (χ1) is 11.7. The maximum Gasteiger partial charge on any atom is 0.425 e. The number of ether oxygens (including phenoxy) is 1. The van der Waals surface area contributed by atoms with Gasteiger partial charge in [-0.2, -0.15) is 13.2 Å². The lowest BCUT2D eigenvalue weighted by Gasteiger charge is -2.35. The molecule has 1 aromatic carbocycles. The van der Waals surface area contributed by atoms with Crippen molar-refractivity contribution in [2.45, 2.75) is 44.1 Å². The van der Waals surface area contributed by atoms with Gasteiger partial charge in [0.25, 0.3) is 5.91 Å². The number of carbonyl (C=O) groups excluding carboxylic acids is 1. The molecule has 1 aliphatic heterocycles. The van der Waals surface area contributed by atoms with Crippen molar-refractivity contribution >= 4 is 11.6 Å². The van der Waals surface area contributed by atoms with Crippen molar-refractivity contribution in [3.63, 3.8) is 0 Å². The van der Waals surface area contributed by atoms with E-state index in [1.165, 1.54) is 13.0 Å². The van der Waals surface area contributed by atoms with Crippen LogP contribution in [0.15, 0.2) is 24.3 Å². The van der Waals surface area contributed by atoms with Crippen molar-refractivity contribution in [1.82, 2.24) is 0 Å². The number of benzene rings is 1. The van der Waals surface area contributed by atoms with Crippen LogP contribution in [-0.2, 0) is 15.1 Å². The van der Waals surface area contributed by atoms with Gasteiger partial charge in [0, 0.05) is 0 Å². The summed E-state index contributed by atoms with van der Waals surface area (Å²) in [7, 11) is 0. The smallest absolute Gasteiger partial charge is 0.343 e. The molecule has 136 valence electrons.